The molecule has 120 valence electrons. The van der Waals surface area contributed by atoms with Crippen LogP contribution in [-0.4, -0.2) is 19.1 Å². The number of likely N-dealkylation sites (N-methyl/N-ethyl adjacent to an activating group) is 1. The highest BCUT2D eigenvalue weighted by atomic mass is 79.9. The maximum absolute atomic E-state index is 12.8. The van der Waals surface area contributed by atoms with E-state index in [2.05, 4.69) is 22.0 Å². The van der Waals surface area contributed by atoms with Gasteiger partial charge in [-0.05, 0) is 55.7 Å². The van der Waals surface area contributed by atoms with Crippen molar-refractivity contribution in [3.8, 4) is 5.75 Å². The monoisotopic (exact) mass is 373 g/mol. The maximum Gasteiger partial charge on any atom is 0.234 e. The fourth-order valence-electron chi connectivity index (χ4n) is 3.20. The molecule has 3 nitrogen and oxygen atoms in total. The van der Waals surface area contributed by atoms with E-state index in [-0.39, 0.29) is 11.8 Å². The summed E-state index contributed by atoms with van der Waals surface area (Å²) in [6, 6.07) is 14.1. The zero-order valence-corrected chi connectivity index (χ0v) is 15.0. The van der Waals surface area contributed by atoms with Gasteiger partial charge in [-0.2, -0.15) is 0 Å². The van der Waals surface area contributed by atoms with Gasteiger partial charge < -0.3 is 9.64 Å². The van der Waals surface area contributed by atoms with Gasteiger partial charge in [-0.1, -0.05) is 34.1 Å². The summed E-state index contributed by atoms with van der Waals surface area (Å²) in [4.78, 5) is 14.7. The number of benzene rings is 2. The van der Waals surface area contributed by atoms with Crippen LogP contribution in [0.2, 0.25) is 0 Å². The molecule has 0 spiro atoms. The number of carbonyl (C=O) groups is 1. The Morgan fingerprint density at radius 1 is 1.17 bits per heavy atom. The number of hydrogen-bond donors (Lipinski definition) is 0. The third-order valence-electron chi connectivity index (χ3n) is 4.23. The van der Waals surface area contributed by atoms with E-state index < -0.39 is 0 Å². The second-order valence-corrected chi connectivity index (χ2v) is 6.50. The van der Waals surface area contributed by atoms with Crippen LogP contribution < -0.4 is 9.64 Å². The quantitative estimate of drug-likeness (QED) is 0.769. The van der Waals surface area contributed by atoms with Crippen molar-refractivity contribution in [3.05, 3.63) is 58.1 Å². The fourth-order valence-corrected chi connectivity index (χ4v) is 3.58. The Morgan fingerprint density at radius 2 is 1.96 bits per heavy atom. The first-order valence-electron chi connectivity index (χ1n) is 7.97. The molecule has 0 aliphatic carbocycles. The fraction of sp³-hybridized carbons (Fsp3) is 0.316. The summed E-state index contributed by atoms with van der Waals surface area (Å²) in [6.07, 6.45) is 0.662. The van der Waals surface area contributed by atoms with Crippen LogP contribution in [0.15, 0.2) is 46.9 Å². The maximum atomic E-state index is 12.8. The predicted molar refractivity (Wildman–Crippen MR) is 96.2 cm³/mol. The van der Waals surface area contributed by atoms with E-state index in [9.17, 15) is 4.79 Å². The third-order valence-corrected chi connectivity index (χ3v) is 4.73. The van der Waals surface area contributed by atoms with Gasteiger partial charge in [0.25, 0.3) is 0 Å². The molecule has 4 heteroatoms. The van der Waals surface area contributed by atoms with Gasteiger partial charge in [0.2, 0.25) is 5.91 Å². The van der Waals surface area contributed by atoms with Crippen molar-refractivity contribution in [2.45, 2.75) is 26.2 Å². The van der Waals surface area contributed by atoms with Gasteiger partial charge in [0.05, 0.1) is 12.5 Å². The Bertz CT molecular complexity index is 729. The number of nitrogens with zero attached hydrogens (tertiary/aromatic N) is 1. The second kappa shape index (κ2) is 6.75. The summed E-state index contributed by atoms with van der Waals surface area (Å²) in [6.45, 7) is 5.30. The molecular weight excluding hydrogens is 354 g/mol. The highest BCUT2D eigenvalue weighted by molar-refractivity contribution is 9.10. The Hall–Kier alpha value is -1.81. The molecule has 1 unspecified atom stereocenters. The van der Waals surface area contributed by atoms with Gasteiger partial charge in [-0.15, -0.1) is 0 Å². The highest BCUT2D eigenvalue weighted by Crippen LogP contribution is 2.41. The minimum Gasteiger partial charge on any atom is -0.494 e. The number of carbonyl (C=O) groups excluding carboxylic acids is 1. The Labute approximate surface area is 145 Å². The Morgan fingerprint density at radius 3 is 2.70 bits per heavy atom. The lowest BCUT2D eigenvalue weighted by atomic mass is 9.93. The molecule has 1 heterocycles. The molecule has 0 fully saturated rings. The van der Waals surface area contributed by atoms with Crippen molar-refractivity contribution in [2.24, 2.45) is 0 Å². The molecule has 0 saturated carbocycles. The first-order chi connectivity index (χ1) is 11.2. The minimum absolute atomic E-state index is 0.149. The van der Waals surface area contributed by atoms with E-state index in [1.54, 1.807) is 0 Å². The zero-order valence-electron chi connectivity index (χ0n) is 13.4. The number of amides is 1. The number of anilines is 1. The molecule has 1 amide bonds. The molecule has 0 N–H and O–H groups in total. The number of para-hydroxylation sites is 1. The van der Waals surface area contributed by atoms with Gasteiger partial charge >= 0.3 is 0 Å². The summed E-state index contributed by atoms with van der Waals surface area (Å²) in [5.41, 5.74) is 3.20. The van der Waals surface area contributed by atoms with Crippen LogP contribution in [0.5, 0.6) is 5.75 Å². The lowest BCUT2D eigenvalue weighted by molar-refractivity contribution is -0.119. The summed E-state index contributed by atoms with van der Waals surface area (Å²) in [5.74, 6) is 0.894. The van der Waals surface area contributed by atoms with Crippen molar-refractivity contribution in [3.63, 3.8) is 0 Å². The zero-order chi connectivity index (χ0) is 16.4. The van der Waals surface area contributed by atoms with Crippen molar-refractivity contribution >= 4 is 27.5 Å². The third kappa shape index (κ3) is 3.00. The topological polar surface area (TPSA) is 29.5 Å². The number of halogens is 1. The minimum atomic E-state index is -0.149. The van der Waals surface area contributed by atoms with E-state index in [0.717, 1.165) is 27.0 Å². The molecule has 1 aliphatic rings. The Kier molecular flexibility index (Phi) is 4.71. The van der Waals surface area contributed by atoms with Crippen molar-refractivity contribution in [1.29, 1.82) is 0 Å². The summed E-state index contributed by atoms with van der Waals surface area (Å²) < 4.78 is 6.72. The molecule has 0 saturated heterocycles. The average Bonchev–Trinajstić information content (AvgIpc) is 2.81. The lowest BCUT2D eigenvalue weighted by Gasteiger charge is -2.16. The lowest BCUT2D eigenvalue weighted by Crippen LogP contribution is -2.29. The van der Waals surface area contributed by atoms with Crippen LogP contribution in [0.3, 0.4) is 0 Å². The van der Waals surface area contributed by atoms with Crippen LogP contribution in [0.1, 0.15) is 30.9 Å². The van der Waals surface area contributed by atoms with Crippen molar-refractivity contribution < 1.29 is 9.53 Å². The highest BCUT2D eigenvalue weighted by Gasteiger charge is 2.36. The van der Waals surface area contributed by atoms with Gasteiger partial charge in [0, 0.05) is 16.7 Å². The molecule has 23 heavy (non-hydrogen) atoms. The summed E-state index contributed by atoms with van der Waals surface area (Å²) >= 11 is 3.52. The van der Waals surface area contributed by atoms with E-state index in [1.807, 2.05) is 55.1 Å². The predicted octanol–water partition coefficient (Wildman–Crippen LogP) is 4.54. The molecule has 1 atom stereocenters. The number of hydrogen-bond acceptors (Lipinski definition) is 2. The van der Waals surface area contributed by atoms with Gasteiger partial charge in [-0.3, -0.25) is 4.79 Å². The van der Waals surface area contributed by atoms with E-state index in [0.29, 0.717) is 19.6 Å². The van der Waals surface area contributed by atoms with E-state index in [1.165, 1.54) is 0 Å². The molecule has 3 rings (SSSR count). The van der Waals surface area contributed by atoms with Crippen LogP contribution in [0.4, 0.5) is 5.69 Å². The number of rotatable bonds is 5. The van der Waals surface area contributed by atoms with Gasteiger partial charge in [0.1, 0.15) is 5.75 Å². The van der Waals surface area contributed by atoms with Crippen LogP contribution in [-0.2, 0) is 11.2 Å². The van der Waals surface area contributed by atoms with Gasteiger partial charge in [0.15, 0.2) is 0 Å². The molecule has 1 aliphatic heterocycles. The van der Waals surface area contributed by atoms with Gasteiger partial charge in [-0.25, -0.2) is 0 Å². The molecule has 0 bridgehead atoms. The second-order valence-electron chi connectivity index (χ2n) is 5.58. The number of fused-ring (bicyclic) bond motifs is 1. The standard InChI is InChI=1S/C19H20BrNO2/c1-3-21-17-10-9-14(20)12-15(17)16(19(21)22)11-13-7-5-6-8-18(13)23-4-2/h5-10,12,16H,3-4,11H2,1-2H3. The van der Waals surface area contributed by atoms with Crippen LogP contribution in [0.25, 0.3) is 0 Å². The van der Waals surface area contributed by atoms with E-state index >= 15 is 0 Å². The van der Waals surface area contributed by atoms with Crippen molar-refractivity contribution in [1.82, 2.24) is 0 Å². The smallest absolute Gasteiger partial charge is 0.234 e. The van der Waals surface area contributed by atoms with Crippen LogP contribution >= 0.6 is 15.9 Å². The summed E-state index contributed by atoms with van der Waals surface area (Å²) in [7, 11) is 0. The first kappa shape index (κ1) is 16.1. The first-order valence-corrected chi connectivity index (χ1v) is 8.76. The largest absolute Gasteiger partial charge is 0.494 e. The normalized spacial score (nSPS) is 16.6. The SMILES string of the molecule is CCOc1ccccc1CC1C(=O)N(CC)c2ccc(Br)cc21. The molecule has 0 radical (unpaired) electrons. The molecule has 0 aromatic heterocycles. The molecular formula is C19H20BrNO2. The van der Waals surface area contributed by atoms with Crippen molar-refractivity contribution in [2.75, 3.05) is 18.1 Å². The van der Waals surface area contributed by atoms with Crippen LogP contribution in [0, 0.1) is 0 Å². The Balaban J connectivity index is 1.98. The summed E-state index contributed by atoms with van der Waals surface area (Å²) in [5, 5.41) is 0. The average molecular weight is 374 g/mol. The van der Waals surface area contributed by atoms with E-state index in [4.69, 9.17) is 4.74 Å². The number of ether oxygens (including phenoxy) is 1. The molecule has 2 aromatic rings. The molecule has 2 aromatic carbocycles.